The number of oxazole rings is 1. The van der Waals surface area contributed by atoms with Crippen molar-refractivity contribution < 1.29 is 23.1 Å². The molecule has 1 aromatic carbocycles. The van der Waals surface area contributed by atoms with Gasteiger partial charge in [0, 0.05) is 37.1 Å². The summed E-state index contributed by atoms with van der Waals surface area (Å²) in [5.41, 5.74) is 1.82. The second-order valence-corrected chi connectivity index (χ2v) is 7.77. The average Bonchev–Trinajstić information content (AvgIpc) is 3.14. The zero-order valence-electron chi connectivity index (χ0n) is 17.6. The van der Waals surface area contributed by atoms with Crippen LogP contribution in [0, 0.1) is 0 Å². The lowest BCUT2D eigenvalue weighted by Crippen LogP contribution is -2.34. The van der Waals surface area contributed by atoms with E-state index in [4.69, 9.17) is 13.9 Å². The van der Waals surface area contributed by atoms with E-state index in [-0.39, 0.29) is 18.7 Å². The van der Waals surface area contributed by atoms with Gasteiger partial charge in [-0.25, -0.2) is 9.18 Å². The van der Waals surface area contributed by atoms with Crippen LogP contribution in [0.2, 0.25) is 0 Å². The zero-order valence-corrected chi connectivity index (χ0v) is 17.6. The number of halogens is 1. The van der Waals surface area contributed by atoms with Crippen molar-refractivity contribution in [1.29, 1.82) is 0 Å². The molecule has 2 heterocycles. The lowest BCUT2D eigenvalue weighted by molar-refractivity contribution is 0.0531. The van der Waals surface area contributed by atoms with Gasteiger partial charge in [-0.3, -0.25) is 4.98 Å². The summed E-state index contributed by atoms with van der Waals surface area (Å²) in [6.07, 6.45) is 3.25. The molecule has 2 N–H and O–H groups in total. The maximum absolute atomic E-state index is 13.2. The summed E-state index contributed by atoms with van der Waals surface area (Å²) in [6, 6.07) is 9.32. The van der Waals surface area contributed by atoms with Crippen LogP contribution < -0.4 is 15.4 Å². The number of aromatic nitrogens is 2. The van der Waals surface area contributed by atoms with Gasteiger partial charge < -0.3 is 24.5 Å². The van der Waals surface area contributed by atoms with Crippen LogP contribution in [0.1, 0.15) is 26.3 Å². The Balaban J connectivity index is 1.53. The summed E-state index contributed by atoms with van der Waals surface area (Å²) >= 11 is 0. The molecular weight excluding hydrogens is 403 g/mol. The van der Waals surface area contributed by atoms with Crippen molar-refractivity contribution in [2.24, 2.45) is 0 Å². The third-order valence-electron chi connectivity index (χ3n) is 3.96. The Kier molecular flexibility index (Phi) is 7.07. The fourth-order valence-electron chi connectivity index (χ4n) is 2.55. The first-order valence-corrected chi connectivity index (χ1v) is 9.73. The largest absolute Gasteiger partial charge is 0.489 e. The van der Waals surface area contributed by atoms with Gasteiger partial charge in [-0.1, -0.05) is 6.07 Å². The number of amides is 1. The van der Waals surface area contributed by atoms with Crippen LogP contribution in [-0.2, 0) is 11.3 Å². The lowest BCUT2D eigenvalue weighted by Gasteiger charge is -2.20. The number of anilines is 1. The van der Waals surface area contributed by atoms with E-state index in [0.717, 1.165) is 5.56 Å². The van der Waals surface area contributed by atoms with E-state index in [0.29, 0.717) is 35.7 Å². The number of nitrogens with zero attached hydrogens (tertiary/aromatic N) is 2. The maximum atomic E-state index is 13.2. The minimum atomic E-state index is -0.627. The van der Waals surface area contributed by atoms with Crippen molar-refractivity contribution in [1.82, 2.24) is 15.3 Å². The molecule has 0 bridgehead atoms. The second-order valence-electron chi connectivity index (χ2n) is 7.77. The molecule has 0 spiro atoms. The second kappa shape index (κ2) is 9.92. The first-order valence-electron chi connectivity index (χ1n) is 9.73. The Hall–Kier alpha value is -3.62. The Morgan fingerprint density at radius 1 is 1.29 bits per heavy atom. The third kappa shape index (κ3) is 6.98. The van der Waals surface area contributed by atoms with Gasteiger partial charge in [0.05, 0.1) is 6.33 Å². The van der Waals surface area contributed by atoms with Crippen LogP contribution >= 0.6 is 0 Å². The molecule has 0 aliphatic heterocycles. The zero-order chi connectivity index (χ0) is 22.3. The molecule has 0 aliphatic rings. The number of hydrogen-bond acceptors (Lipinski definition) is 7. The Morgan fingerprint density at radius 3 is 2.84 bits per heavy atom. The number of ether oxygens (including phenoxy) is 2. The molecule has 0 unspecified atom stereocenters. The van der Waals surface area contributed by atoms with Gasteiger partial charge in [-0.05, 0) is 44.5 Å². The summed E-state index contributed by atoms with van der Waals surface area (Å²) in [5, 5.41) is 5.60. The molecule has 164 valence electrons. The summed E-state index contributed by atoms with van der Waals surface area (Å²) in [7, 11) is 0. The number of hydrogen-bond donors (Lipinski definition) is 2. The molecule has 3 aromatic rings. The molecule has 2 aromatic heterocycles. The molecular formula is C22H25FN4O4. The monoisotopic (exact) mass is 428 g/mol. The molecule has 31 heavy (non-hydrogen) atoms. The highest BCUT2D eigenvalue weighted by atomic mass is 19.1. The molecule has 0 radical (unpaired) electrons. The van der Waals surface area contributed by atoms with Crippen LogP contribution in [0.3, 0.4) is 0 Å². The number of nitrogens with one attached hydrogen (secondary N) is 2. The van der Waals surface area contributed by atoms with E-state index >= 15 is 0 Å². The highest BCUT2D eigenvalue weighted by Crippen LogP contribution is 2.24. The van der Waals surface area contributed by atoms with E-state index in [1.165, 1.54) is 0 Å². The quantitative estimate of drug-likeness (QED) is 0.541. The highest BCUT2D eigenvalue weighted by molar-refractivity contribution is 5.76. The first kappa shape index (κ1) is 22.1. The average molecular weight is 428 g/mol. The van der Waals surface area contributed by atoms with Crippen LogP contribution in [0.15, 0.2) is 59.0 Å². The van der Waals surface area contributed by atoms with Crippen LogP contribution in [-0.4, -0.2) is 34.8 Å². The van der Waals surface area contributed by atoms with E-state index in [1.807, 2.05) is 12.1 Å². The number of fused-ring (bicyclic) bond motifs is 1. The Morgan fingerprint density at radius 2 is 2.13 bits per heavy atom. The Bertz CT molecular complexity index is 1040. The molecule has 3 rings (SSSR count). The van der Waals surface area contributed by atoms with Gasteiger partial charge in [0.2, 0.25) is 0 Å². The van der Waals surface area contributed by atoms with E-state index in [1.54, 1.807) is 51.4 Å². The molecule has 0 fully saturated rings. The predicted molar refractivity (Wildman–Crippen MR) is 114 cm³/mol. The van der Waals surface area contributed by atoms with Gasteiger partial charge in [-0.2, -0.15) is 4.98 Å². The van der Waals surface area contributed by atoms with Crippen molar-refractivity contribution in [2.45, 2.75) is 32.9 Å². The minimum Gasteiger partial charge on any atom is -0.489 e. The fourth-order valence-corrected chi connectivity index (χ4v) is 2.55. The minimum absolute atomic E-state index is 0.0294. The van der Waals surface area contributed by atoms with Crippen LogP contribution in [0.4, 0.5) is 15.2 Å². The number of benzene rings is 1. The summed E-state index contributed by atoms with van der Waals surface area (Å²) in [4.78, 5) is 20.1. The van der Waals surface area contributed by atoms with Gasteiger partial charge in [0.15, 0.2) is 5.58 Å². The van der Waals surface area contributed by atoms with E-state index in [9.17, 15) is 9.18 Å². The lowest BCUT2D eigenvalue weighted by atomic mass is 10.2. The SMILES string of the molecule is CC(C)(C)OC(=O)NC/C(=C\F)COc1ccc2nc(NCc3cccnc3)oc2c1. The van der Waals surface area contributed by atoms with Crippen molar-refractivity contribution >= 4 is 23.2 Å². The maximum Gasteiger partial charge on any atom is 0.407 e. The highest BCUT2D eigenvalue weighted by Gasteiger charge is 2.16. The van der Waals surface area contributed by atoms with Gasteiger partial charge in [0.1, 0.15) is 23.5 Å². The normalized spacial score (nSPS) is 11.9. The van der Waals surface area contributed by atoms with Crippen LogP contribution in [0.25, 0.3) is 11.1 Å². The molecule has 0 saturated carbocycles. The number of rotatable bonds is 8. The number of alkyl carbamates (subject to hydrolysis) is 1. The molecule has 0 aliphatic carbocycles. The number of carbonyl (C=O) groups is 1. The molecule has 0 atom stereocenters. The summed E-state index contributed by atoms with van der Waals surface area (Å²) in [6.45, 7) is 5.71. The standard InChI is InChI=1S/C22H25FN4O4/c1-22(2,3)31-21(28)26-13-16(10-23)14-29-17-6-7-18-19(9-17)30-20(27-18)25-12-15-5-4-8-24-11-15/h4-11H,12-14H2,1-3H3,(H,25,27)(H,26,28)/b16-10+. The summed E-state index contributed by atoms with van der Waals surface area (Å²) < 4.78 is 29.6. The number of carbonyl (C=O) groups excluding carboxylic acids is 1. The van der Waals surface area contributed by atoms with Crippen molar-refractivity contribution in [3.63, 3.8) is 0 Å². The molecule has 9 heteroatoms. The van der Waals surface area contributed by atoms with Crippen LogP contribution in [0.5, 0.6) is 5.75 Å². The number of pyridine rings is 1. The van der Waals surface area contributed by atoms with Gasteiger partial charge >= 0.3 is 6.09 Å². The third-order valence-corrected chi connectivity index (χ3v) is 3.96. The topological polar surface area (TPSA) is 98.5 Å². The molecule has 8 nitrogen and oxygen atoms in total. The summed E-state index contributed by atoms with van der Waals surface area (Å²) in [5.74, 6) is 0.485. The van der Waals surface area contributed by atoms with E-state index < -0.39 is 11.7 Å². The Labute approximate surface area is 179 Å². The molecule has 1 amide bonds. The van der Waals surface area contributed by atoms with Crippen molar-refractivity contribution in [3.8, 4) is 5.75 Å². The van der Waals surface area contributed by atoms with Gasteiger partial charge in [0.25, 0.3) is 6.01 Å². The van der Waals surface area contributed by atoms with Crippen molar-refractivity contribution in [3.05, 3.63) is 60.2 Å². The predicted octanol–water partition coefficient (Wildman–Crippen LogP) is 4.59. The fraction of sp³-hybridized carbons (Fsp3) is 0.318. The van der Waals surface area contributed by atoms with Crippen molar-refractivity contribution in [2.75, 3.05) is 18.5 Å². The van der Waals surface area contributed by atoms with E-state index in [2.05, 4.69) is 20.6 Å². The van der Waals surface area contributed by atoms with Gasteiger partial charge in [-0.15, -0.1) is 0 Å². The first-order chi connectivity index (χ1) is 14.8. The molecule has 0 saturated heterocycles. The smallest absolute Gasteiger partial charge is 0.407 e.